The number of carbonyl (C=O) groups excluding carboxylic acids is 1. The number of hydrogen-bond donors (Lipinski definition) is 1. The van der Waals surface area contributed by atoms with Gasteiger partial charge in [-0.25, -0.2) is 4.99 Å². The van der Waals surface area contributed by atoms with E-state index < -0.39 is 0 Å². The van der Waals surface area contributed by atoms with Gasteiger partial charge in [0.1, 0.15) is 0 Å². The lowest BCUT2D eigenvalue weighted by Crippen LogP contribution is -2.18. The molecule has 3 nitrogen and oxygen atoms in total. The molecule has 0 saturated carbocycles. The van der Waals surface area contributed by atoms with E-state index in [-0.39, 0.29) is 11.2 Å². The first-order chi connectivity index (χ1) is 7.77. The van der Waals surface area contributed by atoms with Crippen LogP contribution in [0.2, 0.25) is 0 Å². The second kappa shape index (κ2) is 7.06. The summed E-state index contributed by atoms with van der Waals surface area (Å²) in [5.41, 5.74) is 1.07. The molecule has 0 bridgehead atoms. The Morgan fingerprint density at radius 3 is 2.75 bits per heavy atom. The second-order valence-electron chi connectivity index (χ2n) is 3.30. The van der Waals surface area contributed by atoms with Gasteiger partial charge in [-0.15, -0.1) is 0 Å². The Hall–Kier alpha value is -1.29. The maximum Gasteiger partial charge on any atom is 0.258 e. The highest BCUT2D eigenvalue weighted by molar-refractivity contribution is 7.99. The third kappa shape index (κ3) is 4.06. The number of thioether (sulfide) groups is 1. The number of rotatable bonds is 6. The van der Waals surface area contributed by atoms with Crippen LogP contribution in [0, 0.1) is 0 Å². The minimum atomic E-state index is -0.137. The molecule has 0 heterocycles. The molecule has 0 aliphatic rings. The monoisotopic (exact) mass is 236 g/mol. The Kier molecular flexibility index (Phi) is 5.64. The van der Waals surface area contributed by atoms with Crippen LogP contribution in [-0.4, -0.2) is 30.7 Å². The summed E-state index contributed by atoms with van der Waals surface area (Å²) < 4.78 is 0. The minimum Gasteiger partial charge on any atom is -0.385 e. The number of para-hydroxylation sites is 1. The molecule has 4 heteroatoms. The molecule has 86 valence electrons. The summed E-state index contributed by atoms with van der Waals surface area (Å²) in [5.74, 6) is -0.137. The molecule has 1 N–H and O–H groups in total. The van der Waals surface area contributed by atoms with E-state index in [4.69, 9.17) is 0 Å². The highest BCUT2D eigenvalue weighted by Gasteiger charge is 2.14. The average Bonchev–Trinajstić information content (AvgIpc) is 2.35. The van der Waals surface area contributed by atoms with E-state index in [9.17, 15) is 4.79 Å². The van der Waals surface area contributed by atoms with E-state index in [1.165, 1.54) is 11.8 Å². The summed E-state index contributed by atoms with van der Waals surface area (Å²) in [6, 6.07) is 9.93. The average molecular weight is 236 g/mol. The van der Waals surface area contributed by atoms with Crippen LogP contribution in [0.1, 0.15) is 6.42 Å². The van der Waals surface area contributed by atoms with Crippen molar-refractivity contribution in [1.29, 1.82) is 0 Å². The third-order valence-electron chi connectivity index (χ3n) is 2.23. The first-order valence-corrected chi connectivity index (χ1v) is 6.39. The topological polar surface area (TPSA) is 41.5 Å². The van der Waals surface area contributed by atoms with Gasteiger partial charge in [-0.2, -0.15) is 11.8 Å². The fraction of sp³-hybridized carbons (Fsp3) is 0.333. The fourth-order valence-electron chi connectivity index (χ4n) is 1.35. The first kappa shape index (κ1) is 12.8. The van der Waals surface area contributed by atoms with Gasteiger partial charge in [0.05, 0.1) is 5.25 Å². The summed E-state index contributed by atoms with van der Waals surface area (Å²) in [4.78, 5) is 14.8. The summed E-state index contributed by atoms with van der Waals surface area (Å²) >= 11 is 1.51. The normalized spacial score (nSPS) is 11.8. The largest absolute Gasteiger partial charge is 0.385 e. The number of nitrogens with one attached hydrogen (secondary N) is 1. The lowest BCUT2D eigenvalue weighted by atomic mass is 10.2. The molecule has 1 atom stereocenters. The van der Waals surface area contributed by atoms with Crippen molar-refractivity contribution in [2.45, 2.75) is 11.7 Å². The van der Waals surface area contributed by atoms with Crippen molar-refractivity contribution in [2.75, 3.05) is 18.1 Å². The molecule has 0 aromatic heterocycles. The lowest BCUT2D eigenvalue weighted by Gasteiger charge is -2.11. The van der Waals surface area contributed by atoms with E-state index in [0.29, 0.717) is 0 Å². The number of aliphatic imine (C=N–C) groups is 1. The number of amides is 1. The molecule has 1 aromatic carbocycles. The number of hydrogen-bond acceptors (Lipinski definition) is 3. The molecule has 0 aliphatic carbocycles. The van der Waals surface area contributed by atoms with Crippen LogP contribution < -0.4 is 5.32 Å². The van der Waals surface area contributed by atoms with Crippen molar-refractivity contribution in [2.24, 2.45) is 4.99 Å². The van der Waals surface area contributed by atoms with Crippen molar-refractivity contribution < 1.29 is 4.79 Å². The quantitative estimate of drug-likeness (QED) is 0.771. The lowest BCUT2D eigenvalue weighted by molar-refractivity contribution is -0.117. The maximum absolute atomic E-state index is 11.3. The predicted molar refractivity (Wildman–Crippen MR) is 71.4 cm³/mol. The zero-order valence-electron chi connectivity index (χ0n) is 9.35. The van der Waals surface area contributed by atoms with E-state index >= 15 is 0 Å². The van der Waals surface area contributed by atoms with Gasteiger partial charge in [0.15, 0.2) is 0 Å². The molecule has 1 aromatic rings. The molecule has 0 radical (unpaired) electrons. The summed E-state index contributed by atoms with van der Waals surface area (Å²) in [7, 11) is 0. The molecule has 16 heavy (non-hydrogen) atoms. The van der Waals surface area contributed by atoms with Crippen molar-refractivity contribution in [1.82, 2.24) is 0 Å². The van der Waals surface area contributed by atoms with Crippen LogP contribution in [0.15, 0.2) is 35.3 Å². The summed E-state index contributed by atoms with van der Waals surface area (Å²) in [5, 5.41) is 3.17. The molecule has 1 amide bonds. The van der Waals surface area contributed by atoms with Crippen LogP contribution in [0.25, 0.3) is 0 Å². The van der Waals surface area contributed by atoms with Gasteiger partial charge < -0.3 is 5.32 Å². The van der Waals surface area contributed by atoms with Crippen molar-refractivity contribution in [3.05, 3.63) is 30.3 Å². The number of benzene rings is 1. The molecular formula is C12H16N2OS. The molecule has 1 rings (SSSR count). The smallest absolute Gasteiger partial charge is 0.258 e. The van der Waals surface area contributed by atoms with Gasteiger partial charge in [-0.1, -0.05) is 18.2 Å². The predicted octanol–water partition coefficient (Wildman–Crippen LogP) is 2.45. The Bertz CT molecular complexity index is 340. The van der Waals surface area contributed by atoms with Crippen LogP contribution in [-0.2, 0) is 4.79 Å². The second-order valence-corrected chi connectivity index (χ2v) is 4.34. The van der Waals surface area contributed by atoms with E-state index in [0.717, 1.165) is 18.7 Å². The van der Waals surface area contributed by atoms with E-state index in [1.54, 1.807) is 0 Å². The Labute approximate surface area is 100 Å². The Morgan fingerprint density at radius 2 is 2.19 bits per heavy atom. The van der Waals surface area contributed by atoms with Crippen LogP contribution >= 0.6 is 11.8 Å². The fourth-order valence-corrected chi connectivity index (χ4v) is 1.98. The highest BCUT2D eigenvalue weighted by atomic mass is 32.2. The van der Waals surface area contributed by atoms with Crippen LogP contribution in [0.4, 0.5) is 5.69 Å². The molecular weight excluding hydrogens is 220 g/mol. The van der Waals surface area contributed by atoms with Gasteiger partial charge in [0.25, 0.3) is 5.91 Å². The molecule has 0 spiro atoms. The highest BCUT2D eigenvalue weighted by Crippen LogP contribution is 2.13. The molecule has 0 saturated heterocycles. The van der Waals surface area contributed by atoms with Crippen LogP contribution in [0.5, 0.6) is 0 Å². The van der Waals surface area contributed by atoms with Crippen molar-refractivity contribution in [3.8, 4) is 0 Å². The summed E-state index contributed by atoms with van der Waals surface area (Å²) in [6.45, 7) is 4.02. The number of anilines is 1. The van der Waals surface area contributed by atoms with E-state index in [1.807, 2.05) is 36.6 Å². The van der Waals surface area contributed by atoms with E-state index in [2.05, 4.69) is 17.0 Å². The van der Waals surface area contributed by atoms with Gasteiger partial charge in [0.2, 0.25) is 0 Å². The van der Waals surface area contributed by atoms with Crippen LogP contribution in [0.3, 0.4) is 0 Å². The summed E-state index contributed by atoms with van der Waals surface area (Å²) in [6.07, 6.45) is 2.67. The van der Waals surface area contributed by atoms with Gasteiger partial charge in [0, 0.05) is 12.2 Å². The molecule has 0 fully saturated rings. The van der Waals surface area contributed by atoms with Gasteiger partial charge >= 0.3 is 0 Å². The standard InChI is InChI=1S/C12H16N2OS/c1-13-12(15)11(16-2)8-9-14-10-6-4-3-5-7-10/h3-7,11,14H,1,8-9H2,2H3. The minimum absolute atomic E-state index is 0.0892. The Morgan fingerprint density at radius 1 is 1.50 bits per heavy atom. The van der Waals surface area contributed by atoms with Crippen molar-refractivity contribution in [3.63, 3.8) is 0 Å². The first-order valence-electron chi connectivity index (χ1n) is 5.10. The number of nitrogens with zero attached hydrogens (tertiary/aromatic N) is 1. The molecule has 0 aliphatic heterocycles. The zero-order valence-corrected chi connectivity index (χ0v) is 10.2. The zero-order chi connectivity index (χ0) is 11.8. The van der Waals surface area contributed by atoms with Gasteiger partial charge in [-0.3, -0.25) is 4.79 Å². The number of carbonyl (C=O) groups is 1. The maximum atomic E-state index is 11.3. The van der Waals surface area contributed by atoms with Gasteiger partial charge in [-0.05, 0) is 31.5 Å². The Balaban J connectivity index is 2.34. The molecule has 1 unspecified atom stereocenters. The van der Waals surface area contributed by atoms with Crippen molar-refractivity contribution >= 4 is 30.1 Å². The SMILES string of the molecule is C=NC(=O)C(CCNc1ccccc1)SC. The third-order valence-corrected chi connectivity index (χ3v) is 3.23.